The molecule has 1 aliphatic rings. The molecule has 0 aromatic carbocycles. The first-order valence-corrected chi connectivity index (χ1v) is 9.25. The first-order valence-electron chi connectivity index (χ1n) is 8.45. The summed E-state index contributed by atoms with van der Waals surface area (Å²) in [4.78, 5) is 0. The Bertz CT molecular complexity index is 453. The largest absolute Gasteiger partial charge is 0.308 e. The number of aryl methyl sites for hydroxylation is 1. The van der Waals surface area contributed by atoms with E-state index in [4.69, 9.17) is 0 Å². The lowest BCUT2D eigenvalue weighted by Gasteiger charge is -2.43. The molecule has 0 radical (unpaired) electrons. The van der Waals surface area contributed by atoms with Gasteiger partial charge in [0.2, 0.25) is 0 Å². The average Bonchev–Trinajstić information content (AvgIpc) is 2.82. The second kappa shape index (κ2) is 7.28. The highest BCUT2D eigenvalue weighted by molar-refractivity contribution is 9.10. The van der Waals surface area contributed by atoms with Crippen LogP contribution < -0.4 is 5.32 Å². The van der Waals surface area contributed by atoms with Gasteiger partial charge in [-0.15, -0.1) is 0 Å². The van der Waals surface area contributed by atoms with Gasteiger partial charge < -0.3 is 5.32 Å². The highest BCUT2D eigenvalue weighted by Gasteiger charge is 2.39. The molecule has 1 saturated carbocycles. The van der Waals surface area contributed by atoms with Gasteiger partial charge in [0.25, 0.3) is 0 Å². The molecule has 1 aromatic rings. The summed E-state index contributed by atoms with van der Waals surface area (Å²) in [5, 5.41) is 8.36. The van der Waals surface area contributed by atoms with E-state index in [1.54, 1.807) is 0 Å². The van der Waals surface area contributed by atoms with Gasteiger partial charge in [0.05, 0.1) is 22.4 Å². The molecule has 1 aromatic heterocycles. The third-order valence-corrected chi connectivity index (χ3v) is 5.64. The Hall–Kier alpha value is -0.350. The summed E-state index contributed by atoms with van der Waals surface area (Å²) in [6.45, 7) is 11.3. The molecule has 1 heterocycles. The van der Waals surface area contributed by atoms with Crippen LogP contribution in [0.15, 0.2) is 10.7 Å². The van der Waals surface area contributed by atoms with Gasteiger partial charge in [-0.3, -0.25) is 4.68 Å². The van der Waals surface area contributed by atoms with E-state index in [9.17, 15) is 0 Å². The summed E-state index contributed by atoms with van der Waals surface area (Å²) < 4.78 is 3.31. The van der Waals surface area contributed by atoms with E-state index in [0.717, 1.165) is 17.6 Å². The van der Waals surface area contributed by atoms with Crippen molar-refractivity contribution in [1.82, 2.24) is 15.1 Å². The van der Waals surface area contributed by atoms with Gasteiger partial charge in [-0.1, -0.05) is 33.6 Å². The average molecular weight is 356 g/mol. The maximum Gasteiger partial charge on any atom is 0.0698 e. The second-order valence-electron chi connectivity index (χ2n) is 6.97. The quantitative estimate of drug-likeness (QED) is 0.784. The van der Waals surface area contributed by atoms with Crippen LogP contribution in [-0.2, 0) is 6.54 Å². The SMILES string of the molecule is CCCNC(c1c(Br)cnn1CC)C1CCCCC1(C)C. The molecule has 1 aliphatic carbocycles. The van der Waals surface area contributed by atoms with E-state index >= 15 is 0 Å². The lowest BCUT2D eigenvalue weighted by atomic mass is 9.65. The Morgan fingerprint density at radius 2 is 2.19 bits per heavy atom. The van der Waals surface area contributed by atoms with Crippen molar-refractivity contribution in [3.05, 3.63) is 16.4 Å². The van der Waals surface area contributed by atoms with Crippen LogP contribution in [0.4, 0.5) is 0 Å². The van der Waals surface area contributed by atoms with Crippen molar-refractivity contribution in [2.24, 2.45) is 11.3 Å². The van der Waals surface area contributed by atoms with Crippen LogP contribution >= 0.6 is 15.9 Å². The molecule has 1 fully saturated rings. The molecule has 2 atom stereocenters. The van der Waals surface area contributed by atoms with Gasteiger partial charge in [0.1, 0.15) is 0 Å². The van der Waals surface area contributed by atoms with Crippen molar-refractivity contribution < 1.29 is 0 Å². The molecule has 0 spiro atoms. The second-order valence-corrected chi connectivity index (χ2v) is 7.82. The van der Waals surface area contributed by atoms with Crippen LogP contribution in [0.1, 0.15) is 71.5 Å². The summed E-state index contributed by atoms with van der Waals surface area (Å²) in [6, 6.07) is 0.400. The molecule has 0 amide bonds. The fraction of sp³-hybridized carbons (Fsp3) is 0.824. The molecule has 0 bridgehead atoms. The number of aromatic nitrogens is 2. The predicted octanol–water partition coefficient (Wildman–Crippen LogP) is 4.92. The lowest BCUT2D eigenvalue weighted by Crippen LogP contribution is -2.40. The highest BCUT2D eigenvalue weighted by atomic mass is 79.9. The van der Waals surface area contributed by atoms with Crippen molar-refractivity contribution in [2.75, 3.05) is 6.54 Å². The first kappa shape index (κ1) is 17.0. The number of nitrogens with zero attached hydrogens (tertiary/aromatic N) is 2. The van der Waals surface area contributed by atoms with Crippen molar-refractivity contribution in [1.29, 1.82) is 0 Å². The molecule has 21 heavy (non-hydrogen) atoms. The lowest BCUT2D eigenvalue weighted by molar-refractivity contribution is 0.0944. The van der Waals surface area contributed by atoms with E-state index in [0.29, 0.717) is 17.4 Å². The van der Waals surface area contributed by atoms with Gasteiger partial charge in [-0.2, -0.15) is 5.10 Å². The Morgan fingerprint density at radius 3 is 2.81 bits per heavy atom. The number of halogens is 1. The Labute approximate surface area is 138 Å². The fourth-order valence-electron chi connectivity index (χ4n) is 3.80. The molecule has 0 saturated heterocycles. The summed E-state index contributed by atoms with van der Waals surface area (Å²) in [6.07, 6.45) is 8.50. The third kappa shape index (κ3) is 3.70. The molecule has 120 valence electrons. The minimum absolute atomic E-state index is 0.395. The summed E-state index contributed by atoms with van der Waals surface area (Å²) >= 11 is 3.73. The molecule has 3 nitrogen and oxygen atoms in total. The monoisotopic (exact) mass is 355 g/mol. The van der Waals surface area contributed by atoms with Crippen molar-refractivity contribution in [2.45, 2.75) is 72.4 Å². The normalized spacial score (nSPS) is 23.2. The molecule has 0 aliphatic heterocycles. The molecule has 4 heteroatoms. The van der Waals surface area contributed by atoms with E-state index in [1.807, 2.05) is 6.20 Å². The number of hydrogen-bond donors (Lipinski definition) is 1. The highest BCUT2D eigenvalue weighted by Crippen LogP contribution is 2.47. The number of rotatable bonds is 6. The first-order chi connectivity index (χ1) is 10.0. The van der Waals surface area contributed by atoms with E-state index in [2.05, 4.69) is 58.7 Å². The topological polar surface area (TPSA) is 29.9 Å². The standard InChI is InChI=1S/C17H30BrN3/c1-5-11-19-15(13-9-7-8-10-17(13,3)4)16-14(18)12-20-21(16)6-2/h12-13,15,19H,5-11H2,1-4H3. The summed E-state index contributed by atoms with van der Waals surface area (Å²) in [5.41, 5.74) is 1.73. The minimum atomic E-state index is 0.395. The van der Waals surface area contributed by atoms with Crippen LogP contribution in [0.3, 0.4) is 0 Å². The fourth-order valence-corrected chi connectivity index (χ4v) is 4.34. The molecule has 2 rings (SSSR count). The van der Waals surface area contributed by atoms with Crippen LogP contribution in [-0.4, -0.2) is 16.3 Å². The van der Waals surface area contributed by atoms with Crippen LogP contribution in [0.25, 0.3) is 0 Å². The Morgan fingerprint density at radius 1 is 1.43 bits per heavy atom. The van der Waals surface area contributed by atoms with Crippen LogP contribution in [0.2, 0.25) is 0 Å². The zero-order chi connectivity index (χ0) is 15.5. The zero-order valence-corrected chi connectivity index (χ0v) is 15.5. The van der Waals surface area contributed by atoms with Gasteiger partial charge >= 0.3 is 0 Å². The summed E-state index contributed by atoms with van der Waals surface area (Å²) in [5.74, 6) is 0.677. The van der Waals surface area contributed by atoms with E-state index in [-0.39, 0.29) is 0 Å². The van der Waals surface area contributed by atoms with Crippen molar-refractivity contribution in [3.63, 3.8) is 0 Å². The maximum atomic E-state index is 4.54. The molecule has 1 N–H and O–H groups in total. The minimum Gasteiger partial charge on any atom is -0.308 e. The maximum absolute atomic E-state index is 4.54. The third-order valence-electron chi connectivity index (χ3n) is 5.03. The van der Waals surface area contributed by atoms with Crippen LogP contribution in [0, 0.1) is 11.3 Å². The molecule has 2 unspecified atom stereocenters. The predicted molar refractivity (Wildman–Crippen MR) is 92.4 cm³/mol. The van der Waals surface area contributed by atoms with Gasteiger partial charge in [0, 0.05) is 6.54 Å². The van der Waals surface area contributed by atoms with E-state index < -0.39 is 0 Å². The van der Waals surface area contributed by atoms with E-state index in [1.165, 1.54) is 37.8 Å². The Balaban J connectivity index is 2.35. The van der Waals surface area contributed by atoms with Gasteiger partial charge in [-0.05, 0) is 60.0 Å². The smallest absolute Gasteiger partial charge is 0.0698 e. The molecular formula is C17H30BrN3. The molecular weight excluding hydrogens is 326 g/mol. The van der Waals surface area contributed by atoms with Crippen molar-refractivity contribution in [3.8, 4) is 0 Å². The number of nitrogens with one attached hydrogen (secondary N) is 1. The van der Waals surface area contributed by atoms with Gasteiger partial charge in [-0.25, -0.2) is 0 Å². The van der Waals surface area contributed by atoms with Crippen LogP contribution in [0.5, 0.6) is 0 Å². The number of hydrogen-bond acceptors (Lipinski definition) is 2. The van der Waals surface area contributed by atoms with Gasteiger partial charge in [0.15, 0.2) is 0 Å². The Kier molecular flexibility index (Phi) is 5.89. The zero-order valence-electron chi connectivity index (χ0n) is 14.0. The summed E-state index contributed by atoms with van der Waals surface area (Å²) in [7, 11) is 0. The van der Waals surface area contributed by atoms with Crippen molar-refractivity contribution >= 4 is 15.9 Å².